The van der Waals surface area contributed by atoms with E-state index < -0.39 is 11.7 Å². The summed E-state index contributed by atoms with van der Waals surface area (Å²) in [6.07, 6.45) is -4.38. The van der Waals surface area contributed by atoms with Gasteiger partial charge in [0, 0.05) is 16.8 Å². The molecule has 0 atom stereocenters. The summed E-state index contributed by atoms with van der Waals surface area (Å²) in [6, 6.07) is 4.93. The zero-order valence-corrected chi connectivity index (χ0v) is 11.7. The average molecular weight is 326 g/mol. The maximum absolute atomic E-state index is 12.6. The normalized spacial score (nSPS) is 11.6. The second-order valence-corrected chi connectivity index (χ2v) is 5.62. The van der Waals surface area contributed by atoms with Gasteiger partial charge in [0.1, 0.15) is 0 Å². The van der Waals surface area contributed by atoms with Gasteiger partial charge in [-0.15, -0.1) is 11.3 Å². The fourth-order valence-corrected chi connectivity index (χ4v) is 2.66. The van der Waals surface area contributed by atoms with E-state index in [0.29, 0.717) is 11.6 Å². The lowest BCUT2D eigenvalue weighted by Gasteiger charge is -2.11. The number of halogens is 5. The van der Waals surface area contributed by atoms with Crippen LogP contribution in [0.2, 0.25) is 10.0 Å². The highest BCUT2D eigenvalue weighted by Crippen LogP contribution is 2.34. The van der Waals surface area contributed by atoms with Gasteiger partial charge in [-0.25, -0.2) is 0 Å². The summed E-state index contributed by atoms with van der Waals surface area (Å²) in [5, 5.41) is 5.49. The number of thiophene rings is 1. The molecule has 0 saturated carbocycles. The van der Waals surface area contributed by atoms with Gasteiger partial charge in [0.15, 0.2) is 0 Å². The summed E-state index contributed by atoms with van der Waals surface area (Å²) >= 11 is 13.1. The van der Waals surface area contributed by atoms with Crippen LogP contribution in [-0.2, 0) is 12.7 Å². The fourth-order valence-electron chi connectivity index (χ4n) is 1.47. The van der Waals surface area contributed by atoms with E-state index in [4.69, 9.17) is 23.2 Å². The molecule has 0 fully saturated rings. The molecule has 1 nitrogen and oxygen atoms in total. The molecule has 1 aromatic carbocycles. The highest BCUT2D eigenvalue weighted by atomic mass is 35.5. The minimum absolute atomic E-state index is 0.246. The zero-order valence-electron chi connectivity index (χ0n) is 9.39. The minimum atomic E-state index is -4.38. The van der Waals surface area contributed by atoms with E-state index in [-0.39, 0.29) is 10.7 Å². The summed E-state index contributed by atoms with van der Waals surface area (Å²) in [5.74, 6) is 0. The van der Waals surface area contributed by atoms with E-state index in [0.717, 1.165) is 17.0 Å². The van der Waals surface area contributed by atoms with E-state index in [1.165, 1.54) is 17.4 Å². The minimum Gasteiger partial charge on any atom is -0.379 e. The molecule has 1 aromatic heterocycles. The molecular formula is C12H8Cl2F3NS. The molecule has 0 aliphatic carbocycles. The second kappa shape index (κ2) is 5.61. The number of anilines is 1. The molecule has 0 aliphatic rings. The SMILES string of the molecule is FC(F)(F)c1ccc(Cl)c(NCc2cc(Cl)cs2)c1. The van der Waals surface area contributed by atoms with Crippen molar-refractivity contribution in [3.05, 3.63) is 50.1 Å². The van der Waals surface area contributed by atoms with Gasteiger partial charge in [-0.1, -0.05) is 23.2 Å². The average Bonchev–Trinajstić information content (AvgIpc) is 2.72. The molecule has 102 valence electrons. The predicted octanol–water partition coefficient (Wildman–Crippen LogP) is 5.69. The fraction of sp³-hybridized carbons (Fsp3) is 0.167. The van der Waals surface area contributed by atoms with Crippen LogP contribution in [0, 0.1) is 0 Å². The Labute approximate surface area is 122 Å². The van der Waals surface area contributed by atoms with E-state index in [1.807, 2.05) is 0 Å². The van der Waals surface area contributed by atoms with Crippen molar-refractivity contribution in [2.24, 2.45) is 0 Å². The van der Waals surface area contributed by atoms with Crippen LogP contribution in [0.4, 0.5) is 18.9 Å². The first-order valence-electron chi connectivity index (χ1n) is 5.20. The molecule has 0 bridgehead atoms. The van der Waals surface area contributed by atoms with Crippen molar-refractivity contribution >= 4 is 40.2 Å². The highest BCUT2D eigenvalue weighted by molar-refractivity contribution is 7.10. The summed E-state index contributed by atoms with van der Waals surface area (Å²) in [4.78, 5) is 0.915. The van der Waals surface area contributed by atoms with Crippen LogP contribution in [0.1, 0.15) is 10.4 Å². The molecule has 7 heteroatoms. The lowest BCUT2D eigenvalue weighted by Crippen LogP contribution is -2.06. The van der Waals surface area contributed by atoms with Crippen molar-refractivity contribution in [3.8, 4) is 0 Å². The molecule has 1 N–H and O–H groups in total. The Morgan fingerprint density at radius 2 is 1.89 bits per heavy atom. The van der Waals surface area contributed by atoms with Crippen LogP contribution in [0.25, 0.3) is 0 Å². The molecule has 0 unspecified atom stereocenters. The summed E-state index contributed by atoms with van der Waals surface area (Å²) in [5.41, 5.74) is -0.482. The van der Waals surface area contributed by atoms with Crippen LogP contribution < -0.4 is 5.32 Å². The Morgan fingerprint density at radius 3 is 2.47 bits per heavy atom. The first kappa shape index (κ1) is 14.5. The van der Waals surface area contributed by atoms with E-state index in [2.05, 4.69) is 5.32 Å². The number of alkyl halides is 3. The van der Waals surface area contributed by atoms with Gasteiger partial charge in [-0.2, -0.15) is 13.2 Å². The summed E-state index contributed by atoms with van der Waals surface area (Å²) in [7, 11) is 0. The van der Waals surface area contributed by atoms with E-state index in [1.54, 1.807) is 11.4 Å². The molecule has 0 amide bonds. The van der Waals surface area contributed by atoms with Gasteiger partial charge in [0.2, 0.25) is 0 Å². The molecule has 0 spiro atoms. The molecule has 0 saturated heterocycles. The van der Waals surface area contributed by atoms with Gasteiger partial charge in [0.25, 0.3) is 0 Å². The first-order valence-corrected chi connectivity index (χ1v) is 6.83. The zero-order chi connectivity index (χ0) is 14.0. The topological polar surface area (TPSA) is 12.0 Å². The molecule has 2 aromatic rings. The molecule has 0 aliphatic heterocycles. The van der Waals surface area contributed by atoms with Crippen molar-refractivity contribution < 1.29 is 13.2 Å². The molecule has 19 heavy (non-hydrogen) atoms. The van der Waals surface area contributed by atoms with Crippen molar-refractivity contribution in [2.75, 3.05) is 5.32 Å². The maximum atomic E-state index is 12.6. The van der Waals surface area contributed by atoms with Crippen molar-refractivity contribution in [1.29, 1.82) is 0 Å². The number of benzene rings is 1. The largest absolute Gasteiger partial charge is 0.416 e. The molecule has 0 radical (unpaired) electrons. The lowest BCUT2D eigenvalue weighted by atomic mass is 10.2. The van der Waals surface area contributed by atoms with Crippen LogP contribution in [0.5, 0.6) is 0 Å². The maximum Gasteiger partial charge on any atom is 0.416 e. The van der Waals surface area contributed by atoms with Crippen LogP contribution in [0.15, 0.2) is 29.6 Å². The Kier molecular flexibility index (Phi) is 4.28. The predicted molar refractivity (Wildman–Crippen MR) is 73.1 cm³/mol. The first-order chi connectivity index (χ1) is 8.86. The third kappa shape index (κ3) is 3.78. The van der Waals surface area contributed by atoms with Gasteiger partial charge in [-0.3, -0.25) is 0 Å². The van der Waals surface area contributed by atoms with Gasteiger partial charge in [0.05, 0.1) is 21.3 Å². The van der Waals surface area contributed by atoms with E-state index >= 15 is 0 Å². The molecule has 1 heterocycles. The monoisotopic (exact) mass is 325 g/mol. The second-order valence-electron chi connectivity index (χ2n) is 3.78. The third-order valence-corrected chi connectivity index (χ3v) is 3.98. The van der Waals surface area contributed by atoms with Crippen molar-refractivity contribution in [2.45, 2.75) is 12.7 Å². The third-order valence-electron chi connectivity index (χ3n) is 2.37. The van der Waals surface area contributed by atoms with Crippen LogP contribution in [0.3, 0.4) is 0 Å². The standard InChI is InChI=1S/C12H8Cl2F3NS/c13-8-4-9(19-6-8)5-18-11-3-7(12(15,16)17)1-2-10(11)14/h1-4,6,18H,5H2. The summed E-state index contributed by atoms with van der Waals surface area (Å²) < 4.78 is 37.7. The smallest absolute Gasteiger partial charge is 0.379 e. The highest BCUT2D eigenvalue weighted by Gasteiger charge is 2.30. The van der Waals surface area contributed by atoms with Crippen molar-refractivity contribution in [1.82, 2.24) is 0 Å². The number of nitrogens with one attached hydrogen (secondary N) is 1. The molecular weight excluding hydrogens is 318 g/mol. The quantitative estimate of drug-likeness (QED) is 0.764. The number of rotatable bonds is 3. The van der Waals surface area contributed by atoms with Crippen molar-refractivity contribution in [3.63, 3.8) is 0 Å². The van der Waals surface area contributed by atoms with Crippen LogP contribution in [-0.4, -0.2) is 0 Å². The number of hydrogen-bond acceptors (Lipinski definition) is 2. The molecule has 2 rings (SSSR count). The Morgan fingerprint density at radius 1 is 1.16 bits per heavy atom. The van der Waals surface area contributed by atoms with Gasteiger partial charge < -0.3 is 5.32 Å². The Hall–Kier alpha value is -0.910. The number of hydrogen-bond donors (Lipinski definition) is 1. The summed E-state index contributed by atoms with van der Waals surface area (Å²) in [6.45, 7) is 0.373. The van der Waals surface area contributed by atoms with Gasteiger partial charge in [-0.05, 0) is 24.3 Å². The van der Waals surface area contributed by atoms with Gasteiger partial charge >= 0.3 is 6.18 Å². The van der Waals surface area contributed by atoms with E-state index in [9.17, 15) is 13.2 Å². The Bertz CT molecular complexity index is 581. The Balaban J connectivity index is 2.15. The lowest BCUT2D eigenvalue weighted by molar-refractivity contribution is -0.137. The van der Waals surface area contributed by atoms with Crippen LogP contribution >= 0.6 is 34.5 Å².